The quantitative estimate of drug-likeness (QED) is 0.220. The van der Waals surface area contributed by atoms with Crippen molar-refractivity contribution in [2.24, 2.45) is 0 Å². The Kier molecular flexibility index (Phi) is 7.47. The standard InChI is InChI=1S/C48H28B5N5/c1-48(2)31-17-9-6-14-27(31)28-21-20-25(24-32(28)48)45-54-46(39-40(49)42(51)44(53)43(52)41(39)50)56-47(55-45)58-34-19-11-8-16-30(34)38-36(58)23-22-35-37(38)29-15-7-10-18-33(29)57(35)26-12-4-3-5-13-26/h3-24H,1-2H3. The third kappa shape index (κ3) is 4.75. The first-order valence-electron chi connectivity index (χ1n) is 19.2. The fourth-order valence-corrected chi connectivity index (χ4v) is 9.23. The van der Waals surface area contributed by atoms with Crippen LogP contribution in [0.5, 0.6) is 0 Å². The average molecular weight is 729 g/mol. The van der Waals surface area contributed by atoms with Crippen LogP contribution in [0.15, 0.2) is 133 Å². The van der Waals surface area contributed by atoms with Gasteiger partial charge in [-0.1, -0.05) is 116 Å². The Morgan fingerprint density at radius 1 is 0.448 bits per heavy atom. The van der Waals surface area contributed by atoms with Crippen LogP contribution in [0.2, 0.25) is 0 Å². The molecule has 0 spiro atoms. The molecule has 1 aliphatic carbocycles. The van der Waals surface area contributed by atoms with Crippen LogP contribution in [-0.4, -0.2) is 63.3 Å². The molecule has 0 aliphatic heterocycles. The number of hydrogen-bond donors (Lipinski definition) is 0. The molecule has 5 nitrogen and oxygen atoms in total. The van der Waals surface area contributed by atoms with Crippen LogP contribution in [0.1, 0.15) is 25.0 Å². The number of benzene rings is 7. The molecule has 0 atom stereocenters. The van der Waals surface area contributed by atoms with Gasteiger partial charge in [-0.15, -0.1) is 16.4 Å². The smallest absolute Gasteiger partial charge is 0.238 e. The third-order valence-corrected chi connectivity index (χ3v) is 12.1. The topological polar surface area (TPSA) is 48.5 Å². The largest absolute Gasteiger partial charge is 0.309 e. The van der Waals surface area contributed by atoms with Gasteiger partial charge in [0.15, 0.2) is 11.6 Å². The van der Waals surface area contributed by atoms with E-state index in [0.29, 0.717) is 17.3 Å². The van der Waals surface area contributed by atoms with Gasteiger partial charge in [-0.05, 0) is 64.7 Å². The van der Waals surface area contributed by atoms with Crippen LogP contribution >= 0.6 is 0 Å². The Labute approximate surface area is 342 Å². The molecular weight excluding hydrogens is 701 g/mol. The number of hydrogen-bond acceptors (Lipinski definition) is 3. The highest BCUT2D eigenvalue weighted by molar-refractivity contribution is 6.68. The van der Waals surface area contributed by atoms with E-state index in [-0.39, 0.29) is 38.6 Å². The van der Waals surface area contributed by atoms with Crippen LogP contribution in [0.4, 0.5) is 0 Å². The Morgan fingerprint density at radius 3 is 1.67 bits per heavy atom. The predicted molar refractivity (Wildman–Crippen MR) is 244 cm³/mol. The molecule has 3 aromatic heterocycles. The molecule has 11 rings (SSSR count). The summed E-state index contributed by atoms with van der Waals surface area (Å²) in [5.41, 5.74) is 11.5. The molecule has 10 radical (unpaired) electrons. The first-order chi connectivity index (χ1) is 28.1. The molecule has 260 valence electrons. The molecule has 0 saturated heterocycles. The van der Waals surface area contributed by atoms with Crippen LogP contribution in [0, 0.1) is 0 Å². The van der Waals surface area contributed by atoms with Crippen molar-refractivity contribution in [2.45, 2.75) is 19.3 Å². The van der Waals surface area contributed by atoms with E-state index in [4.69, 9.17) is 54.2 Å². The third-order valence-electron chi connectivity index (χ3n) is 12.1. The van der Waals surface area contributed by atoms with E-state index >= 15 is 0 Å². The van der Waals surface area contributed by atoms with E-state index < -0.39 is 0 Å². The Hall–Kier alpha value is -6.53. The van der Waals surface area contributed by atoms with E-state index in [2.05, 4.69) is 144 Å². The van der Waals surface area contributed by atoms with E-state index in [0.717, 1.165) is 54.9 Å². The zero-order chi connectivity index (χ0) is 39.6. The van der Waals surface area contributed by atoms with Gasteiger partial charge in [0.25, 0.3) is 0 Å². The van der Waals surface area contributed by atoms with Crippen LogP contribution in [0.3, 0.4) is 0 Å². The average Bonchev–Trinajstić information content (AvgIpc) is 3.85. The van der Waals surface area contributed by atoms with Crippen molar-refractivity contribution < 1.29 is 0 Å². The lowest BCUT2D eigenvalue weighted by molar-refractivity contribution is 0.660. The van der Waals surface area contributed by atoms with E-state index in [9.17, 15) is 0 Å². The minimum absolute atomic E-state index is 0.120. The fraction of sp³-hybridized carbons (Fsp3) is 0.0625. The van der Waals surface area contributed by atoms with Gasteiger partial charge < -0.3 is 4.57 Å². The molecule has 3 heterocycles. The highest BCUT2D eigenvalue weighted by Crippen LogP contribution is 2.49. The van der Waals surface area contributed by atoms with Crippen molar-refractivity contribution in [1.29, 1.82) is 0 Å². The molecule has 7 aromatic carbocycles. The van der Waals surface area contributed by atoms with Gasteiger partial charge in [0.05, 0.1) is 22.1 Å². The second-order valence-corrected chi connectivity index (χ2v) is 15.6. The monoisotopic (exact) mass is 729 g/mol. The van der Waals surface area contributed by atoms with Crippen LogP contribution in [0.25, 0.3) is 89.2 Å². The van der Waals surface area contributed by atoms with Crippen molar-refractivity contribution in [3.05, 3.63) is 145 Å². The van der Waals surface area contributed by atoms with Gasteiger partial charge in [0.1, 0.15) is 39.2 Å². The Balaban J connectivity index is 1.23. The second kappa shape index (κ2) is 12.5. The first-order valence-corrected chi connectivity index (χ1v) is 19.2. The van der Waals surface area contributed by atoms with Crippen molar-refractivity contribution in [2.75, 3.05) is 0 Å². The molecular formula is C48H28B5N5. The zero-order valence-corrected chi connectivity index (χ0v) is 31.8. The number of nitrogens with zero attached hydrogens (tertiary/aromatic N) is 5. The van der Waals surface area contributed by atoms with Crippen molar-refractivity contribution in [3.8, 4) is 45.5 Å². The molecule has 0 bridgehead atoms. The molecule has 10 aromatic rings. The van der Waals surface area contributed by atoms with E-state index in [1.54, 1.807) is 0 Å². The summed E-state index contributed by atoms with van der Waals surface area (Å²) in [6.07, 6.45) is 0. The molecule has 0 fully saturated rings. The highest BCUT2D eigenvalue weighted by Gasteiger charge is 2.35. The summed E-state index contributed by atoms with van der Waals surface area (Å²) in [4.78, 5) is 15.5. The van der Waals surface area contributed by atoms with Crippen LogP contribution < -0.4 is 27.3 Å². The Bertz CT molecular complexity index is 3360. The maximum atomic E-state index is 6.70. The SMILES string of the molecule is [B]c1c([B])c([B])c(-c2nc(-c3ccc4c(c3)C(C)(C)c3ccccc3-4)nc(-n3c4ccccc4c4c5c6ccccc6n(-c6ccccc6)c5ccc43)n2)c([B])c1[B]. The summed E-state index contributed by atoms with van der Waals surface area (Å²) in [7, 11) is 32.5. The summed E-state index contributed by atoms with van der Waals surface area (Å²) in [6, 6.07) is 46.6. The summed E-state index contributed by atoms with van der Waals surface area (Å²) < 4.78 is 4.42. The minimum atomic E-state index is -0.244. The number of aromatic nitrogens is 5. The maximum absolute atomic E-state index is 6.70. The summed E-state index contributed by atoms with van der Waals surface area (Å²) >= 11 is 0. The molecule has 0 amide bonds. The van der Waals surface area contributed by atoms with E-state index in [1.807, 2.05) is 12.1 Å². The number of rotatable bonds is 4. The van der Waals surface area contributed by atoms with Gasteiger partial charge in [0, 0.05) is 43.8 Å². The molecule has 0 saturated carbocycles. The van der Waals surface area contributed by atoms with Crippen LogP contribution in [-0.2, 0) is 5.41 Å². The lowest BCUT2D eigenvalue weighted by Gasteiger charge is -2.22. The summed E-state index contributed by atoms with van der Waals surface area (Å²) in [5.74, 6) is 1.05. The molecule has 10 heteroatoms. The maximum Gasteiger partial charge on any atom is 0.238 e. The number of fused-ring (bicyclic) bond motifs is 10. The lowest BCUT2D eigenvalue weighted by atomic mass is 9.60. The van der Waals surface area contributed by atoms with Gasteiger partial charge in [-0.2, -0.15) is 9.97 Å². The first kappa shape index (κ1) is 34.7. The van der Waals surface area contributed by atoms with Gasteiger partial charge in [-0.25, -0.2) is 4.98 Å². The normalized spacial score (nSPS) is 13.1. The Morgan fingerprint density at radius 2 is 0.983 bits per heavy atom. The van der Waals surface area contributed by atoms with Crippen molar-refractivity contribution in [1.82, 2.24) is 24.1 Å². The molecule has 0 N–H and O–H groups in total. The summed E-state index contributed by atoms with van der Waals surface area (Å²) in [6.45, 7) is 4.50. The fourth-order valence-electron chi connectivity index (χ4n) is 9.23. The van der Waals surface area contributed by atoms with Crippen molar-refractivity contribution >= 4 is 110 Å². The van der Waals surface area contributed by atoms with Gasteiger partial charge in [-0.3, -0.25) is 4.57 Å². The molecule has 1 aliphatic rings. The highest BCUT2D eigenvalue weighted by atomic mass is 15.2. The second-order valence-electron chi connectivity index (χ2n) is 15.6. The summed E-state index contributed by atoms with van der Waals surface area (Å²) in [5, 5.41) is 4.41. The van der Waals surface area contributed by atoms with E-state index in [1.165, 1.54) is 22.3 Å². The van der Waals surface area contributed by atoms with Gasteiger partial charge >= 0.3 is 0 Å². The van der Waals surface area contributed by atoms with Gasteiger partial charge in [0.2, 0.25) is 5.95 Å². The lowest BCUT2D eigenvalue weighted by Crippen LogP contribution is -2.55. The van der Waals surface area contributed by atoms with Crippen molar-refractivity contribution in [3.63, 3.8) is 0 Å². The zero-order valence-electron chi connectivity index (χ0n) is 31.8. The number of para-hydroxylation sites is 3. The predicted octanol–water partition coefficient (Wildman–Crippen LogP) is 5.68. The minimum Gasteiger partial charge on any atom is -0.309 e. The molecule has 0 unspecified atom stereocenters. The molecule has 58 heavy (non-hydrogen) atoms.